The summed E-state index contributed by atoms with van der Waals surface area (Å²) >= 11 is 0. The number of carbonyl (C=O) groups excluding carboxylic acids is 2. The predicted octanol–water partition coefficient (Wildman–Crippen LogP) is 5.30. The first-order valence-corrected chi connectivity index (χ1v) is 10.6. The average Bonchev–Trinajstić information content (AvgIpc) is 3.26. The van der Waals surface area contributed by atoms with Crippen molar-refractivity contribution < 1.29 is 19.1 Å². The van der Waals surface area contributed by atoms with Crippen LogP contribution in [0.2, 0.25) is 0 Å². The number of benzene rings is 3. The van der Waals surface area contributed by atoms with Crippen LogP contribution in [0.5, 0.6) is 0 Å². The van der Waals surface area contributed by atoms with Crippen LogP contribution in [0.4, 0.5) is 0 Å². The van der Waals surface area contributed by atoms with E-state index >= 15 is 0 Å². The fraction of sp³-hybridized carbons (Fsp3) is 0.107. The second-order valence-corrected chi connectivity index (χ2v) is 7.55. The van der Waals surface area contributed by atoms with Gasteiger partial charge in [0, 0.05) is 17.1 Å². The number of rotatable bonds is 7. The topological polar surface area (TPSA) is 65.0 Å². The molecule has 3 aromatic carbocycles. The summed E-state index contributed by atoms with van der Waals surface area (Å²) in [4.78, 5) is 29.9. The number of nitrogens with zero attached hydrogens (tertiary/aromatic N) is 1. The summed E-state index contributed by atoms with van der Waals surface area (Å²) in [5, 5.41) is 0. The second-order valence-electron chi connectivity index (χ2n) is 7.55. The van der Waals surface area contributed by atoms with E-state index in [1.807, 2.05) is 91.0 Å². The minimum atomic E-state index is -0.525. The smallest absolute Gasteiger partial charge is 0.364 e. The van der Waals surface area contributed by atoms with Crippen LogP contribution in [0, 0.1) is 0 Å². The lowest BCUT2D eigenvalue weighted by Crippen LogP contribution is -2.14. The number of ether oxygens (including phenoxy) is 2. The Morgan fingerprint density at radius 3 is 2.12 bits per heavy atom. The van der Waals surface area contributed by atoms with E-state index < -0.39 is 17.9 Å². The van der Waals surface area contributed by atoms with Gasteiger partial charge in [-0.15, -0.1) is 0 Å². The van der Waals surface area contributed by atoms with Gasteiger partial charge >= 0.3 is 11.9 Å². The third-order valence-corrected chi connectivity index (χ3v) is 5.50. The van der Waals surface area contributed by atoms with Crippen molar-refractivity contribution in [2.75, 3.05) is 7.11 Å². The minimum absolute atomic E-state index is 0.221. The molecule has 0 unspecified atom stereocenters. The van der Waals surface area contributed by atoms with Gasteiger partial charge in [0.25, 0.3) is 0 Å². The van der Waals surface area contributed by atoms with Crippen LogP contribution in [0.25, 0.3) is 5.57 Å². The first-order chi connectivity index (χ1) is 16.1. The predicted molar refractivity (Wildman–Crippen MR) is 127 cm³/mol. The van der Waals surface area contributed by atoms with Crippen LogP contribution in [0.1, 0.15) is 29.0 Å². The molecular weight excluding hydrogens is 414 g/mol. The van der Waals surface area contributed by atoms with Gasteiger partial charge in [-0.25, -0.2) is 14.6 Å². The number of methoxy groups -OCH3 is 1. The maximum Gasteiger partial charge on any atom is 0.364 e. The quantitative estimate of drug-likeness (QED) is 0.371. The van der Waals surface area contributed by atoms with Gasteiger partial charge in [0.15, 0.2) is 5.70 Å². The summed E-state index contributed by atoms with van der Waals surface area (Å²) in [5.74, 6) is -1.18. The first kappa shape index (κ1) is 22.0. The molecule has 164 valence electrons. The van der Waals surface area contributed by atoms with Gasteiger partial charge in [0.05, 0.1) is 7.11 Å². The molecule has 3 aromatic rings. The van der Waals surface area contributed by atoms with Crippen molar-refractivity contribution in [3.63, 3.8) is 0 Å². The fourth-order valence-electron chi connectivity index (χ4n) is 3.80. The van der Waals surface area contributed by atoms with Crippen molar-refractivity contribution in [1.82, 2.24) is 0 Å². The summed E-state index contributed by atoms with van der Waals surface area (Å²) in [7, 11) is 1.33. The second kappa shape index (κ2) is 9.92. The monoisotopic (exact) mass is 437 g/mol. The molecule has 1 aliphatic heterocycles. The van der Waals surface area contributed by atoms with Gasteiger partial charge in [-0.05, 0) is 35.3 Å². The maximum atomic E-state index is 12.9. The number of allylic oxidation sites excluding steroid dienone is 1. The highest BCUT2D eigenvalue weighted by Gasteiger charge is 2.31. The molecular formula is C28H23NO4. The van der Waals surface area contributed by atoms with E-state index in [-0.39, 0.29) is 11.6 Å². The van der Waals surface area contributed by atoms with Crippen LogP contribution in [0.3, 0.4) is 0 Å². The van der Waals surface area contributed by atoms with Gasteiger partial charge in [0.1, 0.15) is 0 Å². The molecule has 0 aliphatic carbocycles. The third-order valence-electron chi connectivity index (χ3n) is 5.50. The van der Waals surface area contributed by atoms with Gasteiger partial charge in [-0.1, -0.05) is 85.4 Å². The molecule has 5 heteroatoms. The Hall–Kier alpha value is -4.25. The summed E-state index contributed by atoms with van der Waals surface area (Å²) in [6.07, 6.45) is 0.317. The van der Waals surface area contributed by atoms with Gasteiger partial charge in [-0.3, -0.25) is 0 Å². The van der Waals surface area contributed by atoms with E-state index in [0.29, 0.717) is 23.1 Å². The summed E-state index contributed by atoms with van der Waals surface area (Å²) in [6, 6.07) is 28.3. The molecule has 5 nitrogen and oxygen atoms in total. The lowest BCUT2D eigenvalue weighted by Gasteiger charge is -2.21. The highest BCUT2D eigenvalue weighted by Crippen LogP contribution is 2.37. The molecule has 4 rings (SSSR count). The van der Waals surface area contributed by atoms with Crippen LogP contribution in [-0.4, -0.2) is 24.9 Å². The van der Waals surface area contributed by atoms with Gasteiger partial charge < -0.3 is 9.47 Å². The van der Waals surface area contributed by atoms with Crippen molar-refractivity contribution in [2.24, 2.45) is 4.99 Å². The lowest BCUT2D eigenvalue weighted by atomic mass is 9.83. The fourth-order valence-corrected chi connectivity index (χ4v) is 3.80. The molecule has 0 N–H and O–H groups in total. The number of cyclic esters (lactones) is 1. The summed E-state index contributed by atoms with van der Waals surface area (Å²) in [6.45, 7) is 4.01. The first-order valence-electron chi connectivity index (χ1n) is 10.6. The SMILES string of the molecule is C=C(C(=O)OC)[C@H](C/C(=C1/N=C(c2ccccc2)OC1=O)c1ccccc1)c1ccccc1. The van der Waals surface area contributed by atoms with E-state index in [1.165, 1.54) is 7.11 Å². The van der Waals surface area contributed by atoms with Crippen LogP contribution < -0.4 is 0 Å². The minimum Gasteiger partial charge on any atom is -0.466 e. The molecule has 1 aliphatic rings. The Balaban J connectivity index is 1.84. The molecule has 1 heterocycles. The Morgan fingerprint density at radius 1 is 0.939 bits per heavy atom. The molecule has 0 amide bonds. The van der Waals surface area contributed by atoms with E-state index in [0.717, 1.165) is 11.1 Å². The zero-order valence-corrected chi connectivity index (χ0v) is 18.2. The molecule has 0 radical (unpaired) electrons. The van der Waals surface area contributed by atoms with Crippen molar-refractivity contribution in [3.8, 4) is 0 Å². The number of carbonyl (C=O) groups is 2. The average molecular weight is 437 g/mol. The summed E-state index contributed by atoms with van der Waals surface area (Å²) < 4.78 is 10.5. The van der Waals surface area contributed by atoms with E-state index in [9.17, 15) is 9.59 Å². The highest BCUT2D eigenvalue weighted by atomic mass is 16.6. The number of aliphatic imine (C=N–C) groups is 1. The van der Waals surface area contributed by atoms with Crippen molar-refractivity contribution in [1.29, 1.82) is 0 Å². The molecule has 0 saturated carbocycles. The van der Waals surface area contributed by atoms with E-state index in [4.69, 9.17) is 9.47 Å². The van der Waals surface area contributed by atoms with Crippen molar-refractivity contribution >= 4 is 23.4 Å². The Kier molecular flexibility index (Phi) is 6.60. The van der Waals surface area contributed by atoms with Gasteiger partial charge in [0.2, 0.25) is 5.90 Å². The van der Waals surface area contributed by atoms with Crippen LogP contribution in [-0.2, 0) is 19.1 Å². The third kappa shape index (κ3) is 4.83. The molecule has 1 atom stereocenters. The van der Waals surface area contributed by atoms with Crippen LogP contribution in [0.15, 0.2) is 114 Å². The largest absolute Gasteiger partial charge is 0.466 e. The van der Waals surface area contributed by atoms with Crippen molar-refractivity contribution in [2.45, 2.75) is 12.3 Å². The van der Waals surface area contributed by atoms with E-state index in [1.54, 1.807) is 0 Å². The van der Waals surface area contributed by atoms with E-state index in [2.05, 4.69) is 11.6 Å². The van der Waals surface area contributed by atoms with Crippen LogP contribution >= 0.6 is 0 Å². The molecule has 0 aromatic heterocycles. The zero-order chi connectivity index (χ0) is 23.2. The molecule has 0 bridgehead atoms. The lowest BCUT2D eigenvalue weighted by molar-refractivity contribution is -0.136. The maximum absolute atomic E-state index is 12.9. The Bertz CT molecular complexity index is 1230. The molecule has 0 fully saturated rings. The van der Waals surface area contributed by atoms with Crippen molar-refractivity contribution in [3.05, 3.63) is 126 Å². The number of hydrogen-bond donors (Lipinski definition) is 0. The standard InChI is InChI=1S/C28H23NO4/c1-19(27(30)32-2)23(20-12-6-3-7-13-20)18-24(21-14-8-4-9-15-21)25-28(31)33-26(29-25)22-16-10-5-11-17-22/h3-17,23H,1,18H2,2H3/b25-24-/t23-/m0/s1. The normalized spacial score (nSPS) is 15.3. The Morgan fingerprint density at radius 2 is 1.52 bits per heavy atom. The highest BCUT2D eigenvalue weighted by molar-refractivity contribution is 6.14. The molecule has 0 saturated heterocycles. The number of esters is 2. The summed E-state index contributed by atoms with van der Waals surface area (Å²) in [5.41, 5.74) is 3.62. The Labute approximate surface area is 192 Å². The molecule has 33 heavy (non-hydrogen) atoms. The zero-order valence-electron chi connectivity index (χ0n) is 18.2. The molecule has 0 spiro atoms. The van der Waals surface area contributed by atoms with Gasteiger partial charge in [-0.2, -0.15) is 0 Å². The number of hydrogen-bond acceptors (Lipinski definition) is 5.